The highest BCUT2D eigenvalue weighted by atomic mass is 32.2. The molecule has 3 heterocycles. The van der Waals surface area contributed by atoms with Crippen LogP contribution in [0.15, 0.2) is 24.4 Å². The first-order valence-corrected chi connectivity index (χ1v) is 9.65. The molecule has 3 atom stereocenters. The number of sulfone groups is 1. The average molecular weight is 337 g/mol. The van der Waals surface area contributed by atoms with Crippen molar-refractivity contribution in [1.82, 2.24) is 14.8 Å². The molecule has 0 aromatic carbocycles. The molecule has 0 N–H and O–H groups in total. The van der Waals surface area contributed by atoms with Gasteiger partial charge in [-0.1, -0.05) is 6.07 Å². The van der Waals surface area contributed by atoms with Gasteiger partial charge in [0, 0.05) is 51.8 Å². The van der Waals surface area contributed by atoms with Crippen LogP contribution < -0.4 is 0 Å². The first kappa shape index (κ1) is 16.4. The topological polar surface area (TPSA) is 70.6 Å². The van der Waals surface area contributed by atoms with E-state index in [4.69, 9.17) is 0 Å². The zero-order valence-corrected chi connectivity index (χ0v) is 14.4. The van der Waals surface area contributed by atoms with Crippen molar-refractivity contribution in [3.8, 4) is 0 Å². The van der Waals surface area contributed by atoms with E-state index in [0.29, 0.717) is 26.1 Å². The van der Waals surface area contributed by atoms with Crippen LogP contribution >= 0.6 is 0 Å². The van der Waals surface area contributed by atoms with Gasteiger partial charge in [-0.15, -0.1) is 0 Å². The average Bonchev–Trinajstić information content (AvgIpc) is 2.93. The molecular weight excluding hydrogens is 314 g/mol. The summed E-state index contributed by atoms with van der Waals surface area (Å²) in [6.07, 6.45) is 2.19. The Morgan fingerprint density at radius 1 is 1.35 bits per heavy atom. The molecule has 2 fully saturated rings. The second kappa shape index (κ2) is 6.20. The van der Waals surface area contributed by atoms with Crippen LogP contribution in [0.1, 0.15) is 12.1 Å². The maximum absolute atomic E-state index is 12.4. The Morgan fingerprint density at radius 3 is 2.78 bits per heavy atom. The summed E-state index contributed by atoms with van der Waals surface area (Å²) in [6, 6.07) is 5.74. The van der Waals surface area contributed by atoms with Crippen molar-refractivity contribution < 1.29 is 13.2 Å². The summed E-state index contributed by atoms with van der Waals surface area (Å²) in [5, 5.41) is -0.422. The fourth-order valence-corrected chi connectivity index (χ4v) is 5.92. The molecule has 7 heteroatoms. The largest absolute Gasteiger partial charge is 0.349 e. The number of carbonyl (C=O) groups excluding carboxylic acids is 1. The highest BCUT2D eigenvalue weighted by Crippen LogP contribution is 2.37. The van der Waals surface area contributed by atoms with Gasteiger partial charge in [-0.25, -0.2) is 8.42 Å². The fourth-order valence-electron chi connectivity index (χ4n) is 3.79. The Bertz CT molecular complexity index is 675. The molecule has 1 aromatic rings. The molecule has 6 nitrogen and oxygen atoms in total. The van der Waals surface area contributed by atoms with Crippen LogP contribution in [0, 0.1) is 11.8 Å². The van der Waals surface area contributed by atoms with Crippen LogP contribution in [-0.2, 0) is 21.2 Å². The van der Waals surface area contributed by atoms with E-state index in [1.54, 1.807) is 25.2 Å². The Balaban J connectivity index is 1.79. The monoisotopic (exact) mass is 337 g/mol. The van der Waals surface area contributed by atoms with E-state index in [-0.39, 0.29) is 23.5 Å². The summed E-state index contributed by atoms with van der Waals surface area (Å²) in [6.45, 7) is 1.78. The maximum Gasteiger partial charge on any atom is 0.225 e. The summed E-state index contributed by atoms with van der Waals surface area (Å²) >= 11 is 0. The third-order valence-electron chi connectivity index (χ3n) is 4.95. The molecule has 0 bridgehead atoms. The molecule has 23 heavy (non-hydrogen) atoms. The van der Waals surface area contributed by atoms with Gasteiger partial charge in [0.2, 0.25) is 5.91 Å². The molecule has 3 rings (SSSR count). The molecule has 0 aliphatic carbocycles. The van der Waals surface area contributed by atoms with Gasteiger partial charge in [0.25, 0.3) is 0 Å². The fraction of sp³-hybridized carbons (Fsp3) is 0.625. The van der Waals surface area contributed by atoms with E-state index in [1.165, 1.54) is 0 Å². The summed E-state index contributed by atoms with van der Waals surface area (Å²) in [5.74, 6) is -0.121. The normalized spacial score (nSPS) is 29.9. The van der Waals surface area contributed by atoms with Gasteiger partial charge >= 0.3 is 0 Å². The van der Waals surface area contributed by atoms with Gasteiger partial charge in [0.05, 0.1) is 16.7 Å². The van der Waals surface area contributed by atoms with Crippen molar-refractivity contribution in [2.75, 3.05) is 32.9 Å². The quantitative estimate of drug-likeness (QED) is 0.799. The Hall–Kier alpha value is -1.47. The lowest BCUT2D eigenvalue weighted by atomic mass is 9.87. The molecule has 2 aliphatic rings. The SMILES string of the molecule is CN(C)C(=O)[C@@H]1CCS(=O)(=O)[C@H]2CN(Cc3ccccn3)C[C@@H]12. The molecule has 126 valence electrons. The number of aromatic nitrogens is 1. The number of likely N-dealkylation sites (tertiary alicyclic amines) is 1. The molecule has 0 radical (unpaired) electrons. The van der Waals surface area contributed by atoms with Gasteiger partial charge in [-0.2, -0.15) is 0 Å². The summed E-state index contributed by atoms with van der Waals surface area (Å²) < 4.78 is 24.9. The van der Waals surface area contributed by atoms with E-state index in [2.05, 4.69) is 9.88 Å². The predicted octanol–water partition coefficient (Wildman–Crippen LogP) is 0.405. The van der Waals surface area contributed by atoms with E-state index in [1.807, 2.05) is 18.2 Å². The second-order valence-corrected chi connectivity index (χ2v) is 9.05. The number of rotatable bonds is 3. The lowest BCUT2D eigenvalue weighted by molar-refractivity contribution is -0.134. The summed E-state index contributed by atoms with van der Waals surface area (Å²) in [5.41, 5.74) is 0.930. The van der Waals surface area contributed by atoms with Gasteiger partial charge < -0.3 is 4.90 Å². The molecule has 1 amide bonds. The van der Waals surface area contributed by atoms with Crippen LogP contribution in [0.5, 0.6) is 0 Å². The van der Waals surface area contributed by atoms with Crippen molar-refractivity contribution in [3.05, 3.63) is 30.1 Å². The Morgan fingerprint density at radius 2 is 2.13 bits per heavy atom. The number of pyridine rings is 1. The van der Waals surface area contributed by atoms with Crippen LogP contribution in [-0.4, -0.2) is 67.3 Å². The molecule has 0 saturated carbocycles. The number of nitrogens with zero attached hydrogens (tertiary/aromatic N) is 3. The molecule has 2 aliphatic heterocycles. The van der Waals surface area contributed by atoms with Gasteiger partial charge in [0.1, 0.15) is 0 Å². The number of hydrogen-bond donors (Lipinski definition) is 0. The molecule has 2 saturated heterocycles. The summed E-state index contributed by atoms with van der Waals surface area (Å²) in [4.78, 5) is 20.4. The molecular formula is C16H23N3O3S. The minimum absolute atomic E-state index is 0.0505. The number of hydrogen-bond acceptors (Lipinski definition) is 5. The van der Waals surface area contributed by atoms with Crippen LogP contribution in [0.4, 0.5) is 0 Å². The van der Waals surface area contributed by atoms with Gasteiger partial charge in [0.15, 0.2) is 9.84 Å². The number of carbonyl (C=O) groups is 1. The minimum Gasteiger partial charge on any atom is -0.349 e. The van der Waals surface area contributed by atoms with Crippen molar-refractivity contribution in [2.45, 2.75) is 18.2 Å². The van der Waals surface area contributed by atoms with Crippen LogP contribution in [0.2, 0.25) is 0 Å². The lowest BCUT2D eigenvalue weighted by Crippen LogP contribution is -2.46. The van der Waals surface area contributed by atoms with Gasteiger partial charge in [-0.05, 0) is 18.6 Å². The molecule has 0 unspecified atom stereocenters. The standard InChI is InChI=1S/C16H23N3O3S/c1-18(2)16(20)13-6-8-23(21,22)15-11-19(10-14(13)15)9-12-5-3-4-7-17-12/h3-5,7,13-15H,6,8-11H2,1-2H3/t13-,14+,15+/m1/s1. The molecule has 1 aromatic heterocycles. The molecule has 0 spiro atoms. The van der Waals surface area contributed by atoms with Crippen molar-refractivity contribution in [2.24, 2.45) is 11.8 Å². The Labute approximate surface area is 137 Å². The zero-order chi connectivity index (χ0) is 16.6. The lowest BCUT2D eigenvalue weighted by Gasteiger charge is -2.33. The number of amides is 1. The highest BCUT2D eigenvalue weighted by molar-refractivity contribution is 7.92. The third kappa shape index (κ3) is 3.26. The van der Waals surface area contributed by atoms with Crippen LogP contribution in [0.25, 0.3) is 0 Å². The van der Waals surface area contributed by atoms with E-state index in [9.17, 15) is 13.2 Å². The van der Waals surface area contributed by atoms with E-state index < -0.39 is 15.1 Å². The first-order chi connectivity index (χ1) is 10.9. The number of fused-ring (bicyclic) bond motifs is 1. The zero-order valence-electron chi connectivity index (χ0n) is 13.6. The first-order valence-electron chi connectivity index (χ1n) is 7.93. The van der Waals surface area contributed by atoms with E-state index in [0.717, 1.165) is 5.69 Å². The van der Waals surface area contributed by atoms with Crippen molar-refractivity contribution in [1.29, 1.82) is 0 Å². The smallest absolute Gasteiger partial charge is 0.225 e. The second-order valence-electron chi connectivity index (χ2n) is 6.71. The predicted molar refractivity (Wildman–Crippen MR) is 87.4 cm³/mol. The summed E-state index contributed by atoms with van der Waals surface area (Å²) in [7, 11) is 0.364. The van der Waals surface area contributed by atoms with Gasteiger partial charge in [-0.3, -0.25) is 14.7 Å². The van der Waals surface area contributed by atoms with Crippen molar-refractivity contribution in [3.63, 3.8) is 0 Å². The Kier molecular flexibility index (Phi) is 4.42. The van der Waals surface area contributed by atoms with E-state index >= 15 is 0 Å². The van der Waals surface area contributed by atoms with Crippen molar-refractivity contribution >= 4 is 15.7 Å². The minimum atomic E-state index is -3.11. The van der Waals surface area contributed by atoms with Crippen LogP contribution in [0.3, 0.4) is 0 Å². The maximum atomic E-state index is 12.4. The third-order valence-corrected chi connectivity index (χ3v) is 7.17. The highest BCUT2D eigenvalue weighted by Gasteiger charge is 2.50.